The van der Waals surface area contributed by atoms with E-state index in [0.29, 0.717) is 32.1 Å². The fraction of sp³-hybridized carbons (Fsp3) is 0.831. The largest absolute Gasteiger partial charge is 0.480 e. The van der Waals surface area contributed by atoms with Crippen molar-refractivity contribution in [1.29, 1.82) is 0 Å². The highest BCUT2D eigenvalue weighted by Gasteiger charge is 2.47. The van der Waals surface area contributed by atoms with Gasteiger partial charge in [-0.05, 0) is 106 Å². The Morgan fingerprint density at radius 3 is 0.943 bits per heavy atom. The highest BCUT2D eigenvalue weighted by Crippen LogP contribution is 2.37. The van der Waals surface area contributed by atoms with Crippen molar-refractivity contribution in [3.05, 3.63) is 0 Å². The van der Waals surface area contributed by atoms with Crippen LogP contribution in [0.15, 0.2) is 0 Å². The molecule has 9 rings (SSSR count). The molecule has 9 fully saturated rings. The molecule has 0 aliphatic carbocycles. The summed E-state index contributed by atoms with van der Waals surface area (Å²) in [6.07, 6.45) is 7.68. The number of carbonyl (C=O) groups excluding carboxylic acids is 11. The molecule has 34 heteroatoms. The Balaban J connectivity index is 0.960. The van der Waals surface area contributed by atoms with Gasteiger partial charge in [0.15, 0.2) is 0 Å². The van der Waals surface area contributed by atoms with E-state index in [1.807, 2.05) is 26.5 Å². The van der Waals surface area contributed by atoms with Crippen LogP contribution in [0.4, 0.5) is 19.2 Å². The van der Waals surface area contributed by atoms with Crippen LogP contribution in [0.2, 0.25) is 0 Å². The molecule has 105 heavy (non-hydrogen) atoms. The van der Waals surface area contributed by atoms with E-state index in [2.05, 4.69) is 53.2 Å². The molecular formula is C71H116N14O16S4. The highest BCUT2D eigenvalue weighted by molar-refractivity contribution is 8.01. The van der Waals surface area contributed by atoms with Crippen LogP contribution >= 0.6 is 47.0 Å². The fourth-order valence-corrected chi connectivity index (χ4v) is 22.1. The van der Waals surface area contributed by atoms with Crippen LogP contribution in [-0.4, -0.2) is 296 Å². The molecule has 9 aliphatic heterocycles. The average molecular weight is 1550 g/mol. The summed E-state index contributed by atoms with van der Waals surface area (Å²) in [6.45, 7) is 10.0. The molecule has 10 amide bonds. The number of ether oxygens (including phenoxy) is 3. The smallest absolute Gasteiger partial charge is 0.325 e. The maximum absolute atomic E-state index is 14.8. The van der Waals surface area contributed by atoms with E-state index in [-0.39, 0.29) is 234 Å². The van der Waals surface area contributed by atoms with Crippen molar-refractivity contribution in [3.8, 4) is 0 Å². The van der Waals surface area contributed by atoms with Gasteiger partial charge < -0.3 is 72.5 Å². The first-order valence-electron chi connectivity index (χ1n) is 38.5. The first-order valence-corrected chi connectivity index (χ1v) is 42.7. The van der Waals surface area contributed by atoms with Crippen LogP contribution in [0.3, 0.4) is 0 Å². The normalized spacial score (nSPS) is 28.2. The molecule has 0 aromatic heterocycles. The topological polar surface area (TPSA) is 386 Å². The molecule has 9 heterocycles. The third-order valence-electron chi connectivity index (χ3n) is 21.4. The Bertz CT molecular complexity index is 2900. The van der Waals surface area contributed by atoms with Crippen LogP contribution in [0.1, 0.15) is 170 Å². The number of Topliss-reactive ketones (excluding diaryl/α,β-unsaturated/α-hetero) is 2. The molecule has 11 N–H and O–H groups in total. The second-order valence-electron chi connectivity index (χ2n) is 30.2. The zero-order chi connectivity index (χ0) is 75.3. The Labute approximate surface area is 634 Å². The molecular weight excluding hydrogens is 1430 g/mol. The third-order valence-corrected chi connectivity index (χ3v) is 27.5. The van der Waals surface area contributed by atoms with Crippen molar-refractivity contribution < 1.29 is 76.9 Å². The van der Waals surface area contributed by atoms with Gasteiger partial charge in [-0.15, -0.1) is 0 Å². The number of rotatable bonds is 41. The summed E-state index contributed by atoms with van der Waals surface area (Å²) in [5.74, 6) is -0.585. The first kappa shape index (κ1) is 83.5. The van der Waals surface area contributed by atoms with E-state index in [4.69, 9.17) is 14.2 Å². The second kappa shape index (κ2) is 41.3. The molecule has 0 spiro atoms. The lowest BCUT2D eigenvalue weighted by Crippen LogP contribution is -2.59. The Hall–Kier alpha value is -5.52. The number of urea groups is 4. The standard InChI is InChI=1S/C71H116N14O16S4/c1-41(2)99-65(92)50(25-23-44(86)15-7-9-17-54-60-46(37-102-54)74-68(95)78-60)82-27-28-83(51(66(93)100-42(3)4)26-24-45(87)16-8-10-18-55-61-47(38-103-55)75-69(96)79-61)30-33-85(53(67(94)101-43(5)6)36-73-59(89)22-14-12-20-57-63-49(40-105-57)77-71(98)81-63)34-32-84(31-29-82)52(64(90)91)35-72-58(88)21-13-11-19-56-62-48(39-104-56)76-70(97)80-62/h41-43,46-57,60-63H,7-40H2,1-6H3,(H,72,88)(H,73,89)(H,90,91)(H2,74,78,95)(H2,75,79,96)(H2,76,80,97)(H2,77,81,98). The third kappa shape index (κ3) is 25.3. The number of hydrogen-bond acceptors (Lipinski definition) is 23. The van der Waals surface area contributed by atoms with E-state index >= 15 is 0 Å². The van der Waals surface area contributed by atoms with Gasteiger partial charge in [0, 0.05) is 148 Å². The Morgan fingerprint density at radius 1 is 0.381 bits per heavy atom. The van der Waals surface area contributed by atoms with E-state index in [9.17, 15) is 62.6 Å². The van der Waals surface area contributed by atoms with Crippen molar-refractivity contribution in [2.24, 2.45) is 0 Å². The van der Waals surface area contributed by atoms with Crippen molar-refractivity contribution in [2.45, 2.75) is 282 Å². The number of hydrogen-bond donors (Lipinski definition) is 11. The number of nitrogens with zero attached hydrogens (tertiary/aromatic N) is 4. The zero-order valence-corrected chi connectivity index (χ0v) is 65.3. The van der Waals surface area contributed by atoms with E-state index in [1.54, 1.807) is 81.7 Å². The van der Waals surface area contributed by atoms with Crippen LogP contribution in [0.25, 0.3) is 0 Å². The molecule has 16 unspecified atom stereocenters. The molecule has 590 valence electrons. The van der Waals surface area contributed by atoms with Gasteiger partial charge >= 0.3 is 48.0 Å². The van der Waals surface area contributed by atoms with Gasteiger partial charge in [-0.3, -0.25) is 58.0 Å². The van der Waals surface area contributed by atoms with Crippen LogP contribution in [-0.2, 0) is 52.6 Å². The molecule has 16 atom stereocenters. The number of amides is 10. The summed E-state index contributed by atoms with van der Waals surface area (Å²) in [5.41, 5.74) is 0. The summed E-state index contributed by atoms with van der Waals surface area (Å²) in [6, 6.07) is -4.86. The fourth-order valence-electron chi connectivity index (χ4n) is 15.9. The lowest BCUT2D eigenvalue weighted by molar-refractivity contribution is -0.158. The quantitative estimate of drug-likeness (QED) is 0.0181. The van der Waals surface area contributed by atoms with Gasteiger partial charge in [0.05, 0.1) is 66.6 Å². The van der Waals surface area contributed by atoms with Crippen molar-refractivity contribution >= 4 is 118 Å². The maximum Gasteiger partial charge on any atom is 0.325 e. The summed E-state index contributed by atoms with van der Waals surface area (Å²) in [4.78, 5) is 170. The van der Waals surface area contributed by atoms with Gasteiger partial charge in [0.2, 0.25) is 11.8 Å². The number of fused-ring (bicyclic) bond motifs is 4. The van der Waals surface area contributed by atoms with Gasteiger partial charge in [-0.2, -0.15) is 47.0 Å². The monoisotopic (exact) mass is 1550 g/mol. The van der Waals surface area contributed by atoms with E-state index < -0.39 is 66.4 Å². The van der Waals surface area contributed by atoms with Crippen LogP contribution in [0, 0.1) is 0 Å². The molecule has 9 saturated heterocycles. The van der Waals surface area contributed by atoms with Gasteiger partial charge in [0.1, 0.15) is 35.7 Å². The number of carbonyl (C=O) groups is 12. The Morgan fingerprint density at radius 2 is 0.648 bits per heavy atom. The number of unbranched alkanes of at least 4 members (excludes halogenated alkanes) is 4. The van der Waals surface area contributed by atoms with Crippen LogP contribution in [0.5, 0.6) is 0 Å². The lowest BCUT2D eigenvalue weighted by atomic mass is 10.00. The summed E-state index contributed by atoms with van der Waals surface area (Å²) < 4.78 is 18.0. The molecule has 0 aromatic rings. The predicted molar refractivity (Wildman–Crippen MR) is 403 cm³/mol. The number of thioether (sulfide) groups is 4. The summed E-state index contributed by atoms with van der Waals surface area (Å²) >= 11 is 7.19. The van der Waals surface area contributed by atoms with Gasteiger partial charge in [0.25, 0.3) is 0 Å². The predicted octanol–water partition coefficient (Wildman–Crippen LogP) is 3.46. The number of esters is 3. The number of ketones is 2. The minimum absolute atomic E-state index is 0.00826. The summed E-state index contributed by atoms with van der Waals surface area (Å²) in [5, 5.41) is 42.0. The first-order chi connectivity index (χ1) is 50.3. The second-order valence-corrected chi connectivity index (χ2v) is 35.3. The molecule has 0 aromatic carbocycles. The highest BCUT2D eigenvalue weighted by atomic mass is 32.2. The Kier molecular flexibility index (Phi) is 32.9. The molecule has 0 saturated carbocycles. The molecule has 30 nitrogen and oxygen atoms in total. The summed E-state index contributed by atoms with van der Waals surface area (Å²) in [7, 11) is 0. The van der Waals surface area contributed by atoms with Crippen molar-refractivity contribution in [2.75, 3.05) is 88.5 Å². The average Bonchev–Trinajstić information content (AvgIpc) is 1.82. The van der Waals surface area contributed by atoms with E-state index in [0.717, 1.165) is 68.0 Å². The molecule has 9 aliphatic rings. The minimum Gasteiger partial charge on any atom is -0.480 e. The van der Waals surface area contributed by atoms with Crippen molar-refractivity contribution in [3.63, 3.8) is 0 Å². The number of carboxylic acids is 1. The zero-order valence-electron chi connectivity index (χ0n) is 62.0. The van der Waals surface area contributed by atoms with Crippen LogP contribution < -0.4 is 53.2 Å². The number of carboxylic acid groups (broad SMARTS) is 1. The molecule has 0 radical (unpaired) electrons. The van der Waals surface area contributed by atoms with Gasteiger partial charge in [-0.25, -0.2) is 19.2 Å². The number of nitrogens with one attached hydrogen (secondary N) is 10. The van der Waals surface area contributed by atoms with Gasteiger partial charge in [-0.1, -0.05) is 25.7 Å². The molecule has 0 bridgehead atoms. The maximum atomic E-state index is 14.8. The lowest BCUT2D eigenvalue weighted by Gasteiger charge is -2.40. The van der Waals surface area contributed by atoms with E-state index in [1.165, 1.54) is 0 Å². The van der Waals surface area contributed by atoms with Crippen molar-refractivity contribution in [1.82, 2.24) is 72.8 Å². The minimum atomic E-state index is -1.34. The SMILES string of the molecule is CC(C)OC(=O)C(CCC(=O)CCCCC1SCC2NC(=O)NC21)N1CCN(C(CNC(=O)CCCCC2SCC3NC(=O)NC32)C(=O)O)CCN(C(CNC(=O)CCCCC2SCC3NC(=O)NC32)C(=O)OC(C)C)CCN(C(CCC(=O)CCCCC2SCC3NC(=O)NC32)C(=O)OC(C)C)CC1. The number of aliphatic carboxylic acids is 1.